The van der Waals surface area contributed by atoms with Gasteiger partial charge in [-0.1, -0.05) is 13.2 Å². The largest absolute Gasteiger partial charge is 0.332 e. The minimum Gasteiger partial charge on any atom is -0.332 e. The van der Waals surface area contributed by atoms with Crippen molar-refractivity contribution in [1.29, 1.82) is 0 Å². The number of nitrogens with zero attached hydrogens (tertiary/aromatic N) is 3. The van der Waals surface area contributed by atoms with Crippen molar-refractivity contribution in [2.75, 3.05) is 14.1 Å². The fourth-order valence-electron chi connectivity index (χ4n) is 1.91. The Bertz CT molecular complexity index is 391. The van der Waals surface area contributed by atoms with Gasteiger partial charge in [-0.2, -0.15) is 0 Å². The van der Waals surface area contributed by atoms with Crippen molar-refractivity contribution in [3.8, 4) is 0 Å². The van der Waals surface area contributed by atoms with Gasteiger partial charge in [0, 0.05) is 25.4 Å². The highest BCUT2D eigenvalue weighted by molar-refractivity contribution is 5.63. The van der Waals surface area contributed by atoms with E-state index >= 15 is 0 Å². The molecule has 2 heterocycles. The maximum absolute atomic E-state index is 4.32. The molecule has 0 aromatic heterocycles. The number of aliphatic imine (C=N–C) groups is 1. The highest BCUT2D eigenvalue weighted by Crippen LogP contribution is 2.32. The molecule has 2 aliphatic heterocycles. The Morgan fingerprint density at radius 3 is 2.67 bits per heavy atom. The minimum absolute atomic E-state index is 0.145. The van der Waals surface area contributed by atoms with Gasteiger partial charge in [-0.15, -0.1) is 0 Å². The Labute approximate surface area is 90.3 Å². The molecule has 0 spiro atoms. The predicted octanol–water partition coefficient (Wildman–Crippen LogP) is 1.08. The number of hydrogen-bond donors (Lipinski definition) is 1. The van der Waals surface area contributed by atoms with E-state index in [4.69, 9.17) is 0 Å². The molecule has 15 heavy (non-hydrogen) atoms. The first kappa shape index (κ1) is 9.83. The summed E-state index contributed by atoms with van der Waals surface area (Å²) in [7, 11) is 3.95. The number of likely N-dealkylation sites (N-methyl/N-ethyl adjacent to an activating group) is 1. The lowest BCUT2D eigenvalue weighted by Gasteiger charge is -2.42. The maximum atomic E-state index is 4.32. The molecule has 0 bridgehead atoms. The van der Waals surface area contributed by atoms with Crippen LogP contribution in [0.15, 0.2) is 41.1 Å². The van der Waals surface area contributed by atoms with Gasteiger partial charge in [0.25, 0.3) is 0 Å². The smallest absolute Gasteiger partial charge is 0.119 e. The van der Waals surface area contributed by atoms with Gasteiger partial charge in [0.05, 0.1) is 12.4 Å². The van der Waals surface area contributed by atoms with Crippen LogP contribution in [0.3, 0.4) is 0 Å². The molecule has 0 aromatic carbocycles. The Morgan fingerprint density at radius 1 is 1.33 bits per heavy atom. The van der Waals surface area contributed by atoms with Crippen molar-refractivity contribution < 1.29 is 0 Å². The monoisotopic (exact) mass is 204 g/mol. The van der Waals surface area contributed by atoms with Crippen molar-refractivity contribution in [3.63, 3.8) is 0 Å². The highest BCUT2D eigenvalue weighted by atomic mass is 15.4. The van der Waals surface area contributed by atoms with E-state index in [9.17, 15) is 0 Å². The molecular weight excluding hydrogens is 188 g/mol. The second kappa shape index (κ2) is 3.15. The van der Waals surface area contributed by atoms with Crippen LogP contribution in [-0.4, -0.2) is 36.3 Å². The summed E-state index contributed by atoms with van der Waals surface area (Å²) in [6, 6.07) is 0.145. The molecule has 0 aliphatic carbocycles. The average Bonchev–Trinajstić information content (AvgIpc) is 2.23. The molecule has 80 valence electrons. The average molecular weight is 204 g/mol. The van der Waals surface area contributed by atoms with Crippen LogP contribution < -0.4 is 5.32 Å². The van der Waals surface area contributed by atoms with Gasteiger partial charge >= 0.3 is 0 Å². The molecule has 2 rings (SSSR count). The zero-order valence-corrected chi connectivity index (χ0v) is 9.41. The Balaban J connectivity index is 2.51. The molecule has 0 saturated heterocycles. The van der Waals surface area contributed by atoms with E-state index < -0.39 is 0 Å². The molecule has 0 aromatic rings. The summed E-state index contributed by atoms with van der Waals surface area (Å²) in [4.78, 5) is 8.32. The van der Waals surface area contributed by atoms with Crippen molar-refractivity contribution in [2.45, 2.75) is 13.0 Å². The van der Waals surface area contributed by atoms with Crippen molar-refractivity contribution in [2.24, 2.45) is 4.99 Å². The third-order valence-electron chi connectivity index (χ3n) is 3.00. The van der Waals surface area contributed by atoms with Crippen LogP contribution in [0.5, 0.6) is 0 Å². The van der Waals surface area contributed by atoms with Crippen LogP contribution in [0, 0.1) is 0 Å². The Hall–Kier alpha value is -1.71. The van der Waals surface area contributed by atoms with Gasteiger partial charge in [0.15, 0.2) is 0 Å². The lowest BCUT2D eigenvalue weighted by atomic mass is 10.0. The highest BCUT2D eigenvalue weighted by Gasteiger charge is 2.30. The van der Waals surface area contributed by atoms with E-state index in [-0.39, 0.29) is 6.04 Å². The quantitative estimate of drug-likeness (QED) is 0.640. The first-order chi connectivity index (χ1) is 7.04. The fraction of sp³-hybridized carbons (Fsp3) is 0.364. The van der Waals surface area contributed by atoms with Crippen LogP contribution in [0.25, 0.3) is 0 Å². The molecule has 0 radical (unpaired) electrons. The molecule has 0 amide bonds. The van der Waals surface area contributed by atoms with Crippen LogP contribution in [0.1, 0.15) is 6.92 Å². The summed E-state index contributed by atoms with van der Waals surface area (Å²) in [6.45, 7) is 10.2. The van der Waals surface area contributed by atoms with E-state index in [1.807, 2.05) is 23.9 Å². The van der Waals surface area contributed by atoms with Gasteiger partial charge < -0.3 is 15.1 Å². The topological polar surface area (TPSA) is 30.9 Å². The molecule has 1 unspecified atom stereocenters. The van der Waals surface area contributed by atoms with Gasteiger partial charge in [-0.3, -0.25) is 4.99 Å². The standard InChI is InChI=1S/C11H16N4/c1-7-10-8(2)14(4)9(3)15(5)11(10)13-6-12-7/h6-7H,2-3H2,1,4-5H3,(H,12,13). The summed E-state index contributed by atoms with van der Waals surface area (Å²) in [6.07, 6.45) is 1.73. The Morgan fingerprint density at radius 2 is 2.00 bits per heavy atom. The van der Waals surface area contributed by atoms with Crippen LogP contribution in [0.2, 0.25) is 0 Å². The third-order valence-corrected chi connectivity index (χ3v) is 3.00. The molecular formula is C11H16N4. The number of rotatable bonds is 0. The van der Waals surface area contributed by atoms with E-state index in [1.54, 1.807) is 6.34 Å². The van der Waals surface area contributed by atoms with Crippen LogP contribution in [0.4, 0.5) is 0 Å². The van der Waals surface area contributed by atoms with E-state index in [0.29, 0.717) is 0 Å². The first-order valence-corrected chi connectivity index (χ1v) is 4.92. The second-order valence-corrected chi connectivity index (χ2v) is 3.84. The number of nitrogens with one attached hydrogen (secondary N) is 1. The van der Waals surface area contributed by atoms with Crippen molar-refractivity contribution >= 4 is 6.34 Å². The number of hydrogen-bond acceptors (Lipinski definition) is 4. The second-order valence-electron chi connectivity index (χ2n) is 3.84. The van der Waals surface area contributed by atoms with Gasteiger partial charge in [0.1, 0.15) is 11.6 Å². The van der Waals surface area contributed by atoms with Gasteiger partial charge in [-0.25, -0.2) is 0 Å². The van der Waals surface area contributed by atoms with Gasteiger partial charge in [0.2, 0.25) is 0 Å². The third kappa shape index (κ3) is 1.25. The molecule has 4 heteroatoms. The molecule has 2 aliphatic rings. The first-order valence-electron chi connectivity index (χ1n) is 4.92. The van der Waals surface area contributed by atoms with Crippen LogP contribution >= 0.6 is 0 Å². The zero-order valence-electron chi connectivity index (χ0n) is 9.41. The summed E-state index contributed by atoms with van der Waals surface area (Å²) in [5.41, 5.74) is 2.10. The van der Waals surface area contributed by atoms with Crippen molar-refractivity contribution in [3.05, 3.63) is 36.1 Å². The molecule has 1 atom stereocenters. The Kier molecular flexibility index (Phi) is 2.07. The molecule has 1 N–H and O–H groups in total. The lowest BCUT2D eigenvalue weighted by Crippen LogP contribution is -2.43. The SMILES string of the molecule is C=C1C2=C(NC=NC2C)N(C)C(=C)N1C. The predicted molar refractivity (Wildman–Crippen MR) is 61.9 cm³/mol. The summed E-state index contributed by atoms with van der Waals surface area (Å²) < 4.78 is 0. The normalized spacial score (nSPS) is 25.7. The molecule has 0 fully saturated rings. The zero-order chi connectivity index (χ0) is 11.2. The maximum Gasteiger partial charge on any atom is 0.119 e. The minimum atomic E-state index is 0.145. The summed E-state index contributed by atoms with van der Waals surface area (Å²) >= 11 is 0. The summed E-state index contributed by atoms with van der Waals surface area (Å²) in [5, 5.41) is 3.15. The molecule has 4 nitrogen and oxygen atoms in total. The lowest BCUT2D eigenvalue weighted by molar-refractivity contribution is 0.317. The van der Waals surface area contributed by atoms with E-state index in [0.717, 1.165) is 22.9 Å². The molecule has 0 saturated carbocycles. The summed E-state index contributed by atoms with van der Waals surface area (Å²) in [5.74, 6) is 1.94. The van der Waals surface area contributed by atoms with Crippen LogP contribution in [-0.2, 0) is 0 Å². The van der Waals surface area contributed by atoms with E-state index in [1.165, 1.54) is 0 Å². The van der Waals surface area contributed by atoms with Gasteiger partial charge in [-0.05, 0) is 6.92 Å². The van der Waals surface area contributed by atoms with Crippen molar-refractivity contribution in [1.82, 2.24) is 15.1 Å². The fourth-order valence-corrected chi connectivity index (χ4v) is 1.91. The van der Waals surface area contributed by atoms with E-state index in [2.05, 4.69) is 30.4 Å².